The Balaban J connectivity index is 1.59. The van der Waals surface area contributed by atoms with E-state index < -0.39 is 0 Å². The lowest BCUT2D eigenvalue weighted by Crippen LogP contribution is -2.26. The van der Waals surface area contributed by atoms with Gasteiger partial charge in [-0.05, 0) is 30.2 Å². The fraction of sp³-hybridized carbons (Fsp3) is 0.200. The Morgan fingerprint density at radius 1 is 1.19 bits per heavy atom. The standard InChI is InChI=1S/C20H20ClN3O2S/c1-26-18-9-5-2-6-14(18)10-11-22-19(25)16-7-3-4-8-17(16)23-12-15-13-24-20(21)27-15/h2-9,13,23H,10-12H2,1H3,(H,22,25). The predicted octanol–water partition coefficient (Wildman–Crippen LogP) is 4.39. The first kappa shape index (κ1) is 19.2. The Bertz CT molecular complexity index is 914. The molecule has 0 saturated carbocycles. The number of carbonyl (C=O) groups excluding carboxylic acids is 1. The summed E-state index contributed by atoms with van der Waals surface area (Å²) in [6, 6.07) is 15.3. The quantitative estimate of drug-likeness (QED) is 0.587. The van der Waals surface area contributed by atoms with E-state index >= 15 is 0 Å². The Kier molecular flexibility index (Phi) is 6.68. The van der Waals surface area contributed by atoms with Gasteiger partial charge in [0.25, 0.3) is 5.91 Å². The van der Waals surface area contributed by atoms with Crippen molar-refractivity contribution in [3.8, 4) is 5.75 Å². The molecule has 0 atom stereocenters. The molecule has 1 amide bonds. The van der Waals surface area contributed by atoms with E-state index in [0.717, 1.165) is 21.9 Å². The summed E-state index contributed by atoms with van der Waals surface area (Å²) in [4.78, 5) is 17.6. The summed E-state index contributed by atoms with van der Waals surface area (Å²) in [5.74, 6) is 0.715. The van der Waals surface area contributed by atoms with Crippen LogP contribution in [0.1, 0.15) is 20.8 Å². The van der Waals surface area contributed by atoms with E-state index in [1.807, 2.05) is 42.5 Å². The van der Waals surface area contributed by atoms with Crippen LogP contribution in [0.15, 0.2) is 54.7 Å². The van der Waals surface area contributed by atoms with Crippen molar-refractivity contribution in [2.45, 2.75) is 13.0 Å². The summed E-state index contributed by atoms with van der Waals surface area (Å²) in [5.41, 5.74) is 2.44. The maximum atomic E-state index is 12.6. The van der Waals surface area contributed by atoms with Crippen LogP contribution in [0.4, 0.5) is 5.69 Å². The van der Waals surface area contributed by atoms with Crippen LogP contribution in [-0.2, 0) is 13.0 Å². The molecule has 3 rings (SSSR count). The number of halogens is 1. The number of methoxy groups -OCH3 is 1. The molecule has 0 spiro atoms. The van der Waals surface area contributed by atoms with E-state index in [0.29, 0.717) is 29.5 Å². The first-order valence-corrected chi connectivity index (χ1v) is 9.70. The van der Waals surface area contributed by atoms with Gasteiger partial charge in [0.2, 0.25) is 0 Å². The lowest BCUT2D eigenvalue weighted by Gasteiger charge is -2.12. The lowest BCUT2D eigenvalue weighted by atomic mass is 10.1. The first-order valence-electron chi connectivity index (χ1n) is 8.50. The molecule has 3 aromatic rings. The van der Waals surface area contributed by atoms with Gasteiger partial charge in [0, 0.05) is 23.3 Å². The van der Waals surface area contributed by atoms with Crippen molar-refractivity contribution in [2.24, 2.45) is 0 Å². The van der Waals surface area contributed by atoms with Crippen LogP contribution in [-0.4, -0.2) is 24.5 Å². The minimum Gasteiger partial charge on any atom is -0.496 e. The summed E-state index contributed by atoms with van der Waals surface area (Å²) >= 11 is 7.28. The Morgan fingerprint density at radius 2 is 1.96 bits per heavy atom. The van der Waals surface area contributed by atoms with Crippen molar-refractivity contribution in [1.29, 1.82) is 0 Å². The fourth-order valence-electron chi connectivity index (χ4n) is 2.70. The molecule has 2 aromatic carbocycles. The Labute approximate surface area is 167 Å². The van der Waals surface area contributed by atoms with Gasteiger partial charge in [-0.15, -0.1) is 11.3 Å². The number of thiazole rings is 1. The van der Waals surface area contributed by atoms with E-state index in [1.165, 1.54) is 11.3 Å². The maximum absolute atomic E-state index is 12.6. The second-order valence-electron chi connectivity index (χ2n) is 5.80. The Hall–Kier alpha value is -2.57. The maximum Gasteiger partial charge on any atom is 0.253 e. The van der Waals surface area contributed by atoms with E-state index in [4.69, 9.17) is 16.3 Å². The molecule has 0 fully saturated rings. The molecule has 1 aromatic heterocycles. The smallest absolute Gasteiger partial charge is 0.253 e. The summed E-state index contributed by atoms with van der Waals surface area (Å²) < 4.78 is 5.85. The lowest BCUT2D eigenvalue weighted by molar-refractivity contribution is 0.0955. The molecule has 7 heteroatoms. The number of amides is 1. The number of carbonyl (C=O) groups is 1. The molecular formula is C20H20ClN3O2S. The zero-order chi connectivity index (χ0) is 19.1. The van der Waals surface area contributed by atoms with Gasteiger partial charge in [0.05, 0.1) is 19.2 Å². The minimum absolute atomic E-state index is 0.115. The molecular weight excluding hydrogens is 382 g/mol. The van der Waals surface area contributed by atoms with Gasteiger partial charge in [-0.3, -0.25) is 4.79 Å². The topological polar surface area (TPSA) is 63.2 Å². The third-order valence-corrected chi connectivity index (χ3v) is 5.14. The molecule has 1 heterocycles. The van der Waals surface area contributed by atoms with E-state index in [9.17, 15) is 4.79 Å². The van der Waals surface area contributed by atoms with Crippen molar-refractivity contribution >= 4 is 34.5 Å². The molecule has 5 nitrogen and oxygen atoms in total. The van der Waals surface area contributed by atoms with Crippen LogP contribution in [0.2, 0.25) is 4.47 Å². The summed E-state index contributed by atoms with van der Waals surface area (Å²) in [6.07, 6.45) is 2.43. The van der Waals surface area contributed by atoms with Crippen LogP contribution in [0, 0.1) is 0 Å². The number of anilines is 1. The van der Waals surface area contributed by atoms with Crippen molar-refractivity contribution in [1.82, 2.24) is 10.3 Å². The summed E-state index contributed by atoms with van der Waals surface area (Å²) in [5, 5.41) is 6.26. The van der Waals surface area contributed by atoms with E-state index in [-0.39, 0.29) is 5.91 Å². The van der Waals surface area contributed by atoms with E-state index in [1.54, 1.807) is 19.4 Å². The van der Waals surface area contributed by atoms with Crippen LogP contribution in [0.3, 0.4) is 0 Å². The molecule has 140 valence electrons. The van der Waals surface area contributed by atoms with Crippen molar-refractivity contribution in [2.75, 3.05) is 19.0 Å². The average Bonchev–Trinajstić information content (AvgIpc) is 3.12. The number of rotatable bonds is 8. The molecule has 0 unspecified atom stereocenters. The second-order valence-corrected chi connectivity index (χ2v) is 7.49. The molecule has 0 bridgehead atoms. The van der Waals surface area contributed by atoms with Crippen LogP contribution < -0.4 is 15.4 Å². The highest BCUT2D eigenvalue weighted by molar-refractivity contribution is 7.15. The van der Waals surface area contributed by atoms with Gasteiger partial charge in [-0.2, -0.15) is 0 Å². The van der Waals surface area contributed by atoms with Crippen molar-refractivity contribution < 1.29 is 9.53 Å². The number of hydrogen-bond acceptors (Lipinski definition) is 5. The van der Waals surface area contributed by atoms with Crippen molar-refractivity contribution in [3.05, 3.63) is 75.2 Å². The minimum atomic E-state index is -0.115. The predicted molar refractivity (Wildman–Crippen MR) is 110 cm³/mol. The molecule has 27 heavy (non-hydrogen) atoms. The van der Waals surface area contributed by atoms with Crippen LogP contribution >= 0.6 is 22.9 Å². The number of benzene rings is 2. The van der Waals surface area contributed by atoms with Gasteiger partial charge >= 0.3 is 0 Å². The number of aromatic nitrogens is 1. The van der Waals surface area contributed by atoms with Gasteiger partial charge in [-0.1, -0.05) is 41.9 Å². The Morgan fingerprint density at radius 3 is 2.74 bits per heavy atom. The molecule has 0 aliphatic heterocycles. The summed E-state index contributed by atoms with van der Waals surface area (Å²) in [6.45, 7) is 1.09. The average molecular weight is 402 g/mol. The van der Waals surface area contributed by atoms with Gasteiger partial charge in [-0.25, -0.2) is 4.98 Å². The zero-order valence-electron chi connectivity index (χ0n) is 14.9. The number of ether oxygens (including phenoxy) is 1. The molecule has 0 aliphatic rings. The first-order chi connectivity index (χ1) is 13.2. The zero-order valence-corrected chi connectivity index (χ0v) is 16.4. The highest BCUT2D eigenvalue weighted by atomic mass is 35.5. The normalized spacial score (nSPS) is 10.4. The highest BCUT2D eigenvalue weighted by Gasteiger charge is 2.11. The highest BCUT2D eigenvalue weighted by Crippen LogP contribution is 2.21. The van der Waals surface area contributed by atoms with E-state index in [2.05, 4.69) is 15.6 Å². The van der Waals surface area contributed by atoms with Gasteiger partial charge < -0.3 is 15.4 Å². The molecule has 0 saturated heterocycles. The third-order valence-electron chi connectivity index (χ3n) is 4.02. The fourth-order valence-corrected chi connectivity index (χ4v) is 3.62. The molecule has 0 radical (unpaired) electrons. The third kappa shape index (κ3) is 5.21. The number of nitrogens with one attached hydrogen (secondary N) is 2. The monoisotopic (exact) mass is 401 g/mol. The number of nitrogens with zero attached hydrogens (tertiary/aromatic N) is 1. The molecule has 0 aliphatic carbocycles. The van der Waals surface area contributed by atoms with Crippen LogP contribution in [0.5, 0.6) is 5.75 Å². The second kappa shape index (κ2) is 9.39. The van der Waals surface area contributed by atoms with Gasteiger partial charge in [0.15, 0.2) is 4.47 Å². The van der Waals surface area contributed by atoms with Crippen molar-refractivity contribution in [3.63, 3.8) is 0 Å². The molecule has 2 N–H and O–H groups in total. The summed E-state index contributed by atoms with van der Waals surface area (Å²) in [7, 11) is 1.65. The van der Waals surface area contributed by atoms with Crippen LogP contribution in [0.25, 0.3) is 0 Å². The van der Waals surface area contributed by atoms with Gasteiger partial charge in [0.1, 0.15) is 5.75 Å². The number of hydrogen-bond donors (Lipinski definition) is 2. The largest absolute Gasteiger partial charge is 0.496 e. The SMILES string of the molecule is COc1ccccc1CCNC(=O)c1ccccc1NCc1cnc(Cl)s1. The number of para-hydroxylation sites is 2.